The van der Waals surface area contributed by atoms with Crippen LogP contribution in [0.3, 0.4) is 0 Å². The van der Waals surface area contributed by atoms with Crippen LogP contribution in [-0.2, 0) is 11.3 Å². The molecule has 1 aromatic carbocycles. The Balaban J connectivity index is 1.38. The van der Waals surface area contributed by atoms with Gasteiger partial charge in [-0.1, -0.05) is 29.0 Å². The second-order valence-electron chi connectivity index (χ2n) is 6.86. The Labute approximate surface area is 136 Å². The van der Waals surface area contributed by atoms with Gasteiger partial charge in [0, 0.05) is 19.5 Å². The van der Waals surface area contributed by atoms with Crippen molar-refractivity contribution < 1.29 is 4.79 Å². The van der Waals surface area contributed by atoms with Gasteiger partial charge in [0.2, 0.25) is 5.91 Å². The van der Waals surface area contributed by atoms with Gasteiger partial charge in [-0.15, -0.1) is 5.10 Å². The number of rotatable bonds is 3. The van der Waals surface area contributed by atoms with Crippen LogP contribution < -0.4 is 0 Å². The summed E-state index contributed by atoms with van der Waals surface area (Å²) in [5, 5.41) is 8.31. The van der Waals surface area contributed by atoms with Crippen LogP contribution in [0, 0.1) is 11.8 Å². The molecule has 1 fully saturated rings. The first-order chi connectivity index (χ1) is 11.2. The zero-order chi connectivity index (χ0) is 15.8. The second kappa shape index (κ2) is 5.80. The van der Waals surface area contributed by atoms with Gasteiger partial charge in [0.25, 0.3) is 0 Å². The average molecular weight is 310 g/mol. The normalized spacial score (nSPS) is 23.9. The van der Waals surface area contributed by atoms with Crippen LogP contribution in [0.5, 0.6) is 0 Å². The minimum absolute atomic E-state index is 0.247. The average Bonchev–Trinajstić information content (AvgIpc) is 3.16. The maximum Gasteiger partial charge on any atom is 0.224 e. The van der Waals surface area contributed by atoms with E-state index in [-0.39, 0.29) is 5.91 Å². The fourth-order valence-corrected chi connectivity index (χ4v) is 3.93. The van der Waals surface area contributed by atoms with Crippen molar-refractivity contribution in [3.8, 4) is 0 Å². The highest BCUT2D eigenvalue weighted by atomic mass is 16.2. The zero-order valence-corrected chi connectivity index (χ0v) is 13.5. The number of amides is 1. The molecule has 0 unspecified atom stereocenters. The highest BCUT2D eigenvalue weighted by molar-refractivity contribution is 5.77. The third-order valence-electron chi connectivity index (χ3n) is 5.24. The number of likely N-dealkylation sites (tertiary alicyclic amines) is 1. The number of aromatic nitrogens is 3. The lowest BCUT2D eigenvalue weighted by Crippen LogP contribution is -2.29. The third-order valence-corrected chi connectivity index (χ3v) is 5.24. The van der Waals surface area contributed by atoms with Gasteiger partial charge in [0.1, 0.15) is 5.52 Å². The summed E-state index contributed by atoms with van der Waals surface area (Å²) < 4.78 is 1.84. The molecule has 1 aliphatic carbocycles. The molecule has 2 heterocycles. The molecule has 0 saturated carbocycles. The molecular formula is C18H22N4O. The fraction of sp³-hybridized carbons (Fsp3) is 0.500. The standard InChI is InChI=1S/C18H22N4O/c1-13-6-7-14-11-21(12-15(14)10-13)18(23)8-9-22-17-5-3-2-4-16(17)19-20-22/h2-6,14-15H,7-12H2,1H3/t14-,15+/m1/s1. The minimum Gasteiger partial charge on any atom is -0.342 e. The van der Waals surface area contributed by atoms with Crippen molar-refractivity contribution in [2.75, 3.05) is 13.1 Å². The lowest BCUT2D eigenvalue weighted by Gasteiger charge is -2.21. The number of hydrogen-bond acceptors (Lipinski definition) is 3. The maximum atomic E-state index is 12.5. The summed E-state index contributed by atoms with van der Waals surface area (Å²) in [4.78, 5) is 14.6. The molecule has 0 spiro atoms. The molecule has 1 saturated heterocycles. The lowest BCUT2D eigenvalue weighted by atomic mass is 9.83. The molecular weight excluding hydrogens is 288 g/mol. The van der Waals surface area contributed by atoms with E-state index in [4.69, 9.17) is 0 Å². The smallest absolute Gasteiger partial charge is 0.224 e. The van der Waals surface area contributed by atoms with E-state index in [2.05, 4.69) is 28.2 Å². The van der Waals surface area contributed by atoms with Crippen LogP contribution in [0.15, 0.2) is 35.9 Å². The van der Waals surface area contributed by atoms with E-state index in [9.17, 15) is 4.79 Å². The Morgan fingerprint density at radius 2 is 2.09 bits per heavy atom. The van der Waals surface area contributed by atoms with Gasteiger partial charge in [-0.25, -0.2) is 4.68 Å². The maximum absolute atomic E-state index is 12.5. The van der Waals surface area contributed by atoms with Crippen LogP contribution >= 0.6 is 0 Å². The quantitative estimate of drug-likeness (QED) is 0.819. The first-order valence-corrected chi connectivity index (χ1v) is 8.42. The van der Waals surface area contributed by atoms with Crippen molar-refractivity contribution in [1.29, 1.82) is 0 Å². The van der Waals surface area contributed by atoms with Crippen molar-refractivity contribution in [2.45, 2.75) is 32.7 Å². The van der Waals surface area contributed by atoms with E-state index in [1.165, 1.54) is 5.57 Å². The summed E-state index contributed by atoms with van der Waals surface area (Å²) in [6.07, 6.45) is 5.13. The lowest BCUT2D eigenvalue weighted by molar-refractivity contribution is -0.130. The first kappa shape index (κ1) is 14.4. The number of para-hydroxylation sites is 1. The number of hydrogen-bond donors (Lipinski definition) is 0. The van der Waals surface area contributed by atoms with Crippen LogP contribution in [-0.4, -0.2) is 38.9 Å². The summed E-state index contributed by atoms with van der Waals surface area (Å²) >= 11 is 0. The fourth-order valence-electron chi connectivity index (χ4n) is 3.93. The van der Waals surface area contributed by atoms with Gasteiger partial charge in [-0.05, 0) is 43.7 Å². The van der Waals surface area contributed by atoms with E-state index < -0.39 is 0 Å². The van der Waals surface area contributed by atoms with Crippen LogP contribution in [0.25, 0.3) is 11.0 Å². The summed E-state index contributed by atoms with van der Waals surface area (Å²) in [6.45, 7) is 4.65. The Bertz CT molecular complexity index is 763. The number of allylic oxidation sites excluding steroid dienone is 2. The molecule has 120 valence electrons. The predicted molar refractivity (Wildman–Crippen MR) is 88.7 cm³/mol. The summed E-state index contributed by atoms with van der Waals surface area (Å²) in [6, 6.07) is 7.87. The van der Waals surface area contributed by atoms with Crippen LogP contribution in [0.1, 0.15) is 26.2 Å². The molecule has 2 aromatic rings. The zero-order valence-electron chi connectivity index (χ0n) is 13.5. The Hall–Kier alpha value is -2.17. The number of carbonyl (C=O) groups is 1. The molecule has 5 nitrogen and oxygen atoms in total. The van der Waals surface area contributed by atoms with E-state index in [0.717, 1.165) is 37.0 Å². The van der Waals surface area contributed by atoms with Gasteiger partial charge >= 0.3 is 0 Å². The van der Waals surface area contributed by atoms with Gasteiger partial charge in [-0.2, -0.15) is 0 Å². The van der Waals surface area contributed by atoms with E-state index in [1.54, 1.807) is 0 Å². The molecule has 2 aliphatic rings. The number of benzene rings is 1. The summed E-state index contributed by atoms with van der Waals surface area (Å²) in [5.41, 5.74) is 3.36. The van der Waals surface area contributed by atoms with Crippen molar-refractivity contribution in [1.82, 2.24) is 19.9 Å². The molecule has 4 rings (SSSR count). The van der Waals surface area contributed by atoms with Gasteiger partial charge in [-0.3, -0.25) is 4.79 Å². The van der Waals surface area contributed by atoms with Crippen molar-refractivity contribution in [2.24, 2.45) is 11.8 Å². The van der Waals surface area contributed by atoms with Gasteiger partial charge < -0.3 is 4.90 Å². The van der Waals surface area contributed by atoms with Crippen molar-refractivity contribution in [3.63, 3.8) is 0 Å². The Morgan fingerprint density at radius 1 is 1.26 bits per heavy atom. The molecule has 0 radical (unpaired) electrons. The van der Waals surface area contributed by atoms with E-state index in [0.29, 0.717) is 24.8 Å². The van der Waals surface area contributed by atoms with Crippen LogP contribution in [0.2, 0.25) is 0 Å². The first-order valence-electron chi connectivity index (χ1n) is 8.42. The topological polar surface area (TPSA) is 51.0 Å². The van der Waals surface area contributed by atoms with Crippen LogP contribution in [0.4, 0.5) is 0 Å². The largest absolute Gasteiger partial charge is 0.342 e. The molecule has 0 bridgehead atoms. The SMILES string of the molecule is CC1=CC[C@@H]2CN(C(=O)CCn3nnc4ccccc43)C[C@@H]2C1. The second-order valence-corrected chi connectivity index (χ2v) is 6.86. The highest BCUT2D eigenvalue weighted by Gasteiger charge is 2.35. The van der Waals surface area contributed by atoms with Crippen molar-refractivity contribution >= 4 is 16.9 Å². The predicted octanol–water partition coefficient (Wildman–Crippen LogP) is 2.64. The summed E-state index contributed by atoms with van der Waals surface area (Å²) in [5.74, 6) is 1.57. The third kappa shape index (κ3) is 2.76. The van der Waals surface area contributed by atoms with E-state index in [1.807, 2.05) is 28.9 Å². The minimum atomic E-state index is 0.247. The van der Waals surface area contributed by atoms with E-state index >= 15 is 0 Å². The Morgan fingerprint density at radius 3 is 3.00 bits per heavy atom. The van der Waals surface area contributed by atoms with Gasteiger partial charge in [0.05, 0.1) is 12.1 Å². The monoisotopic (exact) mass is 310 g/mol. The van der Waals surface area contributed by atoms with Gasteiger partial charge in [0.15, 0.2) is 0 Å². The molecule has 1 aromatic heterocycles. The molecule has 23 heavy (non-hydrogen) atoms. The molecule has 1 aliphatic heterocycles. The van der Waals surface area contributed by atoms with Crippen molar-refractivity contribution in [3.05, 3.63) is 35.9 Å². The molecule has 0 N–H and O–H groups in total. The molecule has 1 amide bonds. The summed E-state index contributed by atoms with van der Waals surface area (Å²) in [7, 11) is 0. The highest BCUT2D eigenvalue weighted by Crippen LogP contribution is 2.35. The number of carbonyl (C=O) groups excluding carboxylic acids is 1. The number of nitrogens with zero attached hydrogens (tertiary/aromatic N) is 4. The number of fused-ring (bicyclic) bond motifs is 2. The molecule has 2 atom stereocenters. The molecule has 5 heteroatoms. The number of aryl methyl sites for hydroxylation is 1. The Kier molecular flexibility index (Phi) is 3.63.